The summed E-state index contributed by atoms with van der Waals surface area (Å²) in [7, 11) is 0. The van der Waals surface area contributed by atoms with E-state index in [0.29, 0.717) is 0 Å². The molecular formula is C16H19F3N2O4. The average Bonchev–Trinajstić information content (AvgIpc) is 2.58. The zero-order valence-corrected chi connectivity index (χ0v) is 13.4. The van der Waals surface area contributed by atoms with E-state index in [0.717, 1.165) is 6.07 Å². The van der Waals surface area contributed by atoms with E-state index in [1.807, 2.05) is 0 Å². The molecule has 1 aliphatic heterocycles. The molecule has 0 saturated carbocycles. The topological polar surface area (TPSA) is 78.9 Å². The minimum absolute atomic E-state index is 0.00150. The Morgan fingerprint density at radius 1 is 1.32 bits per heavy atom. The molecule has 0 radical (unpaired) electrons. The van der Waals surface area contributed by atoms with E-state index in [1.54, 1.807) is 0 Å². The number of hydrogen-bond acceptors (Lipinski definition) is 3. The Kier molecular flexibility index (Phi) is 6.24. The zero-order valence-electron chi connectivity index (χ0n) is 13.4. The van der Waals surface area contributed by atoms with Gasteiger partial charge in [-0.15, -0.1) is 0 Å². The second-order valence-corrected chi connectivity index (χ2v) is 5.62. The number of nitrogens with one attached hydrogen (secondary N) is 1. The molecule has 9 heteroatoms. The minimum Gasteiger partial charge on any atom is -0.481 e. The standard InChI is InChI=1S/C16H19F3N2O4/c17-16(18,19)12-5-2-1-4-11(12)13-10-21(8-9-25-13)15(24)20-7-3-6-14(22)23/h1-2,4-5,13H,3,6-10H2,(H,20,24)(H,22,23). The Morgan fingerprint density at radius 2 is 2.04 bits per heavy atom. The molecule has 0 spiro atoms. The van der Waals surface area contributed by atoms with Crippen molar-refractivity contribution in [2.24, 2.45) is 0 Å². The van der Waals surface area contributed by atoms with E-state index >= 15 is 0 Å². The number of morpholine rings is 1. The van der Waals surface area contributed by atoms with Crippen molar-refractivity contribution in [2.45, 2.75) is 25.1 Å². The molecule has 138 valence electrons. The van der Waals surface area contributed by atoms with Crippen LogP contribution >= 0.6 is 0 Å². The molecule has 1 aromatic carbocycles. The monoisotopic (exact) mass is 360 g/mol. The van der Waals surface area contributed by atoms with E-state index in [4.69, 9.17) is 9.84 Å². The van der Waals surface area contributed by atoms with Crippen molar-refractivity contribution in [1.82, 2.24) is 10.2 Å². The quantitative estimate of drug-likeness (QED) is 0.792. The van der Waals surface area contributed by atoms with E-state index in [9.17, 15) is 22.8 Å². The number of benzene rings is 1. The Bertz CT molecular complexity index is 622. The number of aliphatic carboxylic acids is 1. The maximum atomic E-state index is 13.1. The van der Waals surface area contributed by atoms with Gasteiger partial charge >= 0.3 is 18.2 Å². The van der Waals surface area contributed by atoms with Gasteiger partial charge in [0.15, 0.2) is 0 Å². The van der Waals surface area contributed by atoms with Gasteiger partial charge in [0.1, 0.15) is 6.10 Å². The Labute approximate surface area is 142 Å². The smallest absolute Gasteiger partial charge is 0.416 e. The van der Waals surface area contributed by atoms with Gasteiger partial charge in [-0.3, -0.25) is 4.79 Å². The Balaban J connectivity index is 1.99. The summed E-state index contributed by atoms with van der Waals surface area (Å²) in [6, 6.07) is 4.70. The van der Waals surface area contributed by atoms with Crippen molar-refractivity contribution in [3.05, 3.63) is 35.4 Å². The molecule has 2 amide bonds. The molecule has 1 atom stereocenters. The SMILES string of the molecule is O=C(O)CCCNC(=O)N1CCOC(c2ccccc2C(F)(F)F)C1. The van der Waals surface area contributed by atoms with Crippen LogP contribution in [0.15, 0.2) is 24.3 Å². The molecule has 1 fully saturated rings. The molecular weight excluding hydrogens is 341 g/mol. The third kappa shape index (κ3) is 5.35. The summed E-state index contributed by atoms with van der Waals surface area (Å²) >= 11 is 0. The number of carbonyl (C=O) groups excluding carboxylic acids is 1. The Morgan fingerprint density at radius 3 is 2.72 bits per heavy atom. The highest BCUT2D eigenvalue weighted by molar-refractivity contribution is 5.74. The van der Waals surface area contributed by atoms with Crippen LogP contribution in [0.2, 0.25) is 0 Å². The van der Waals surface area contributed by atoms with Gasteiger partial charge in [-0.05, 0) is 18.1 Å². The van der Waals surface area contributed by atoms with Crippen LogP contribution in [-0.4, -0.2) is 48.2 Å². The number of carbonyl (C=O) groups is 2. The molecule has 1 unspecified atom stereocenters. The molecule has 25 heavy (non-hydrogen) atoms. The molecule has 0 bridgehead atoms. The van der Waals surface area contributed by atoms with Gasteiger partial charge in [-0.2, -0.15) is 13.2 Å². The van der Waals surface area contributed by atoms with Crippen LogP contribution in [0.25, 0.3) is 0 Å². The lowest BCUT2D eigenvalue weighted by molar-refractivity contribution is -0.140. The third-order valence-electron chi connectivity index (χ3n) is 3.81. The summed E-state index contributed by atoms with van der Waals surface area (Å²) < 4.78 is 44.8. The van der Waals surface area contributed by atoms with Gasteiger partial charge in [0.25, 0.3) is 0 Å². The fourth-order valence-corrected chi connectivity index (χ4v) is 2.60. The van der Waals surface area contributed by atoms with Crippen molar-refractivity contribution >= 4 is 12.0 Å². The number of rotatable bonds is 5. The second-order valence-electron chi connectivity index (χ2n) is 5.62. The summed E-state index contributed by atoms with van der Waals surface area (Å²) in [5.41, 5.74) is -0.776. The molecule has 6 nitrogen and oxygen atoms in total. The number of nitrogens with zero attached hydrogens (tertiary/aromatic N) is 1. The zero-order chi connectivity index (χ0) is 18.4. The van der Waals surface area contributed by atoms with Gasteiger partial charge < -0.3 is 20.1 Å². The van der Waals surface area contributed by atoms with Gasteiger partial charge in [-0.25, -0.2) is 4.79 Å². The van der Waals surface area contributed by atoms with Crippen molar-refractivity contribution in [2.75, 3.05) is 26.2 Å². The number of alkyl halides is 3. The number of carboxylic acid groups (broad SMARTS) is 1. The van der Waals surface area contributed by atoms with Crippen LogP contribution in [-0.2, 0) is 15.7 Å². The fraction of sp³-hybridized carbons (Fsp3) is 0.500. The fourth-order valence-electron chi connectivity index (χ4n) is 2.60. The lowest BCUT2D eigenvalue weighted by atomic mass is 10.0. The van der Waals surface area contributed by atoms with Crippen LogP contribution in [0, 0.1) is 0 Å². The first-order valence-corrected chi connectivity index (χ1v) is 7.81. The lowest BCUT2D eigenvalue weighted by Gasteiger charge is -2.34. The lowest BCUT2D eigenvalue weighted by Crippen LogP contribution is -2.47. The molecule has 1 heterocycles. The van der Waals surface area contributed by atoms with Crippen LogP contribution in [0.3, 0.4) is 0 Å². The molecule has 2 rings (SSSR count). The maximum Gasteiger partial charge on any atom is 0.416 e. The molecule has 1 aromatic rings. The van der Waals surface area contributed by atoms with Gasteiger partial charge in [-0.1, -0.05) is 18.2 Å². The summed E-state index contributed by atoms with van der Waals surface area (Å²) in [6.45, 7) is 0.568. The van der Waals surface area contributed by atoms with Gasteiger partial charge in [0.2, 0.25) is 0 Å². The number of hydrogen-bond donors (Lipinski definition) is 2. The first-order valence-electron chi connectivity index (χ1n) is 7.81. The van der Waals surface area contributed by atoms with E-state index in [2.05, 4.69) is 5.32 Å². The normalized spacial score (nSPS) is 18.0. The number of carboxylic acids is 1. The summed E-state index contributed by atoms with van der Waals surface area (Å²) in [5, 5.41) is 11.1. The highest BCUT2D eigenvalue weighted by atomic mass is 19.4. The van der Waals surface area contributed by atoms with Crippen molar-refractivity contribution < 1.29 is 32.6 Å². The molecule has 0 aliphatic carbocycles. The van der Waals surface area contributed by atoms with Crippen LogP contribution in [0.4, 0.5) is 18.0 Å². The predicted molar refractivity (Wildman–Crippen MR) is 82.0 cm³/mol. The predicted octanol–water partition coefficient (Wildman–Crippen LogP) is 2.65. The summed E-state index contributed by atoms with van der Waals surface area (Å²) in [4.78, 5) is 23.9. The first kappa shape index (κ1) is 19.0. The number of ether oxygens (including phenoxy) is 1. The van der Waals surface area contributed by atoms with Gasteiger partial charge in [0, 0.05) is 19.5 Å². The van der Waals surface area contributed by atoms with E-state index in [1.165, 1.54) is 23.1 Å². The largest absolute Gasteiger partial charge is 0.481 e. The first-order chi connectivity index (χ1) is 11.8. The molecule has 1 saturated heterocycles. The second kappa shape index (κ2) is 8.19. The van der Waals surface area contributed by atoms with Crippen molar-refractivity contribution in [3.8, 4) is 0 Å². The number of urea groups is 1. The van der Waals surface area contributed by atoms with Crippen LogP contribution < -0.4 is 5.32 Å². The van der Waals surface area contributed by atoms with E-state index < -0.39 is 29.8 Å². The van der Waals surface area contributed by atoms with Crippen LogP contribution in [0.5, 0.6) is 0 Å². The highest BCUT2D eigenvalue weighted by Gasteiger charge is 2.36. The van der Waals surface area contributed by atoms with Gasteiger partial charge in [0.05, 0.1) is 18.7 Å². The number of amides is 2. The van der Waals surface area contributed by atoms with Crippen LogP contribution in [0.1, 0.15) is 30.1 Å². The summed E-state index contributed by atoms with van der Waals surface area (Å²) in [6.07, 6.45) is -5.14. The molecule has 0 aromatic heterocycles. The average molecular weight is 360 g/mol. The number of halogens is 3. The third-order valence-corrected chi connectivity index (χ3v) is 3.81. The van der Waals surface area contributed by atoms with Crippen molar-refractivity contribution in [1.29, 1.82) is 0 Å². The molecule has 2 N–H and O–H groups in total. The van der Waals surface area contributed by atoms with Crippen molar-refractivity contribution in [3.63, 3.8) is 0 Å². The van der Waals surface area contributed by atoms with E-state index in [-0.39, 0.29) is 44.6 Å². The minimum atomic E-state index is -4.50. The Hall–Kier alpha value is -2.29. The highest BCUT2D eigenvalue weighted by Crippen LogP contribution is 2.36. The summed E-state index contributed by atoms with van der Waals surface area (Å²) in [5.74, 6) is -0.954. The maximum absolute atomic E-state index is 13.1. The molecule has 1 aliphatic rings.